The Bertz CT molecular complexity index is 1570. The fourth-order valence-electron chi connectivity index (χ4n) is 5.35. The Morgan fingerprint density at radius 3 is 2.08 bits per heavy atom. The lowest BCUT2D eigenvalue weighted by Gasteiger charge is -2.19. The first-order chi connectivity index (χ1) is 18.1. The van der Waals surface area contributed by atoms with Crippen LogP contribution in [0.25, 0.3) is 11.5 Å². The summed E-state index contributed by atoms with van der Waals surface area (Å²) in [4.78, 5) is 17.9. The molecule has 0 N–H and O–H groups in total. The van der Waals surface area contributed by atoms with Crippen LogP contribution in [-0.2, 0) is 32.9 Å². The molecular formula is C31H32N2O4S. The van der Waals surface area contributed by atoms with Gasteiger partial charge in [0.2, 0.25) is 0 Å². The standard InChI is InChI=1S/C31H32N2O4S/c1-5-38(35,36)27-12-8-23(9-13-27)18-26(34)19-24-16-21(3)28(22(4)17-24)31(14-15-31)30-32-29(37-33-30)25-10-6-20(2)7-11-25/h6-13,16-17H,5,14-15,18-19H2,1-4H3. The number of carbonyl (C=O) groups is 1. The van der Waals surface area contributed by atoms with Crippen molar-refractivity contribution < 1.29 is 17.7 Å². The maximum atomic E-state index is 12.9. The molecule has 38 heavy (non-hydrogen) atoms. The summed E-state index contributed by atoms with van der Waals surface area (Å²) in [5.41, 5.74) is 7.10. The number of sulfone groups is 1. The molecule has 6 nitrogen and oxygen atoms in total. The number of rotatable bonds is 9. The first-order valence-electron chi connectivity index (χ1n) is 13.0. The number of nitrogens with zero attached hydrogens (tertiary/aromatic N) is 2. The van der Waals surface area contributed by atoms with E-state index < -0.39 is 9.84 Å². The molecule has 1 heterocycles. The molecule has 1 aliphatic carbocycles. The van der Waals surface area contributed by atoms with E-state index >= 15 is 0 Å². The third kappa shape index (κ3) is 5.07. The molecule has 0 unspecified atom stereocenters. The lowest BCUT2D eigenvalue weighted by Crippen LogP contribution is -2.16. The van der Waals surface area contributed by atoms with Crippen LogP contribution in [-0.4, -0.2) is 30.1 Å². The van der Waals surface area contributed by atoms with E-state index in [1.54, 1.807) is 31.2 Å². The van der Waals surface area contributed by atoms with Gasteiger partial charge in [-0.25, -0.2) is 8.42 Å². The van der Waals surface area contributed by atoms with Crippen LogP contribution in [0.5, 0.6) is 0 Å². The van der Waals surface area contributed by atoms with E-state index in [-0.39, 0.29) is 23.4 Å². The molecule has 196 valence electrons. The second-order valence-electron chi connectivity index (χ2n) is 10.4. The first-order valence-corrected chi connectivity index (χ1v) is 14.6. The monoisotopic (exact) mass is 528 g/mol. The number of hydrogen-bond donors (Lipinski definition) is 0. The molecule has 1 fully saturated rings. The summed E-state index contributed by atoms with van der Waals surface area (Å²) in [6.45, 7) is 7.84. The van der Waals surface area contributed by atoms with Crippen LogP contribution in [0.15, 0.2) is 70.1 Å². The van der Waals surface area contributed by atoms with Gasteiger partial charge in [0.25, 0.3) is 5.89 Å². The fourth-order valence-corrected chi connectivity index (χ4v) is 6.24. The molecule has 7 heteroatoms. The van der Waals surface area contributed by atoms with Gasteiger partial charge in [-0.3, -0.25) is 4.79 Å². The minimum atomic E-state index is -3.25. The van der Waals surface area contributed by atoms with Gasteiger partial charge in [-0.1, -0.05) is 54.0 Å². The number of aryl methyl sites for hydroxylation is 3. The van der Waals surface area contributed by atoms with Crippen molar-refractivity contribution in [2.45, 2.75) is 63.7 Å². The fraction of sp³-hybridized carbons (Fsp3) is 0.323. The number of hydrogen-bond acceptors (Lipinski definition) is 6. The zero-order valence-corrected chi connectivity index (χ0v) is 23.1. The molecule has 5 rings (SSSR count). The molecule has 0 bridgehead atoms. The Morgan fingerprint density at radius 1 is 0.895 bits per heavy atom. The Balaban J connectivity index is 1.32. The van der Waals surface area contributed by atoms with Crippen LogP contribution in [0.4, 0.5) is 0 Å². The van der Waals surface area contributed by atoms with Crippen LogP contribution in [0.3, 0.4) is 0 Å². The molecule has 0 radical (unpaired) electrons. The van der Waals surface area contributed by atoms with Crippen molar-refractivity contribution in [2.75, 3.05) is 5.75 Å². The van der Waals surface area contributed by atoms with Crippen molar-refractivity contribution in [3.63, 3.8) is 0 Å². The normalized spacial score (nSPS) is 14.4. The SMILES string of the molecule is CCS(=O)(=O)c1ccc(CC(=O)Cc2cc(C)c(C3(c4noc(-c5ccc(C)cc5)n4)CC3)c(C)c2)cc1. The number of Topliss-reactive ketones (excluding diaryl/α,β-unsaturated/α-hetero) is 1. The smallest absolute Gasteiger partial charge is 0.257 e. The number of carbonyl (C=O) groups excluding carboxylic acids is 1. The highest BCUT2D eigenvalue weighted by Crippen LogP contribution is 2.54. The van der Waals surface area contributed by atoms with Gasteiger partial charge in [-0.05, 0) is 85.7 Å². The van der Waals surface area contributed by atoms with Gasteiger partial charge in [-0.15, -0.1) is 0 Å². The number of ketones is 1. The van der Waals surface area contributed by atoms with Gasteiger partial charge in [0.15, 0.2) is 15.7 Å². The topological polar surface area (TPSA) is 90.1 Å². The second kappa shape index (κ2) is 9.95. The molecule has 3 aromatic carbocycles. The van der Waals surface area contributed by atoms with Gasteiger partial charge in [0, 0.05) is 18.4 Å². The van der Waals surface area contributed by atoms with E-state index in [9.17, 15) is 13.2 Å². The highest BCUT2D eigenvalue weighted by atomic mass is 32.2. The molecule has 1 aliphatic rings. The average molecular weight is 529 g/mol. The minimum Gasteiger partial charge on any atom is -0.334 e. The van der Waals surface area contributed by atoms with Crippen LogP contribution < -0.4 is 0 Å². The maximum absolute atomic E-state index is 12.9. The minimum absolute atomic E-state index is 0.0574. The number of aromatic nitrogens is 2. The quantitative estimate of drug-likeness (QED) is 0.269. The zero-order chi connectivity index (χ0) is 27.1. The highest BCUT2D eigenvalue weighted by Gasteiger charge is 2.51. The van der Waals surface area contributed by atoms with E-state index in [1.165, 1.54) is 11.1 Å². The van der Waals surface area contributed by atoms with Gasteiger partial charge >= 0.3 is 0 Å². The lowest BCUT2D eigenvalue weighted by molar-refractivity contribution is -0.117. The van der Waals surface area contributed by atoms with E-state index in [0.717, 1.165) is 46.5 Å². The largest absolute Gasteiger partial charge is 0.334 e. The van der Waals surface area contributed by atoms with Crippen LogP contribution in [0.1, 0.15) is 59.0 Å². The van der Waals surface area contributed by atoms with Crippen molar-refractivity contribution >= 4 is 15.6 Å². The van der Waals surface area contributed by atoms with Crippen molar-refractivity contribution in [3.05, 3.63) is 99.9 Å². The van der Waals surface area contributed by atoms with Crippen molar-refractivity contribution in [1.29, 1.82) is 0 Å². The van der Waals surface area contributed by atoms with Crippen molar-refractivity contribution in [2.24, 2.45) is 0 Å². The predicted octanol–water partition coefficient (Wildman–Crippen LogP) is 5.89. The van der Waals surface area contributed by atoms with E-state index in [1.807, 2.05) is 31.2 Å². The summed E-state index contributed by atoms with van der Waals surface area (Å²) in [6.07, 6.45) is 2.51. The van der Waals surface area contributed by atoms with Crippen LogP contribution in [0.2, 0.25) is 0 Å². The van der Waals surface area contributed by atoms with E-state index in [4.69, 9.17) is 9.51 Å². The number of benzene rings is 3. The Kier molecular flexibility index (Phi) is 6.82. The molecule has 1 saturated carbocycles. The van der Waals surface area contributed by atoms with Crippen LogP contribution >= 0.6 is 0 Å². The molecule has 4 aromatic rings. The maximum Gasteiger partial charge on any atom is 0.257 e. The van der Waals surface area contributed by atoms with Crippen molar-refractivity contribution in [3.8, 4) is 11.5 Å². The van der Waals surface area contributed by atoms with Gasteiger partial charge in [0.1, 0.15) is 5.78 Å². The zero-order valence-electron chi connectivity index (χ0n) is 22.2. The molecule has 0 aliphatic heterocycles. The lowest BCUT2D eigenvalue weighted by atomic mass is 9.85. The molecule has 1 aromatic heterocycles. The Labute approximate surface area is 224 Å². The predicted molar refractivity (Wildman–Crippen MR) is 147 cm³/mol. The summed E-state index contributed by atoms with van der Waals surface area (Å²) in [5, 5.41) is 4.37. The molecule has 0 atom stereocenters. The van der Waals surface area contributed by atoms with Crippen molar-refractivity contribution in [1.82, 2.24) is 10.1 Å². The second-order valence-corrected chi connectivity index (χ2v) is 12.7. The van der Waals surface area contributed by atoms with E-state index in [2.05, 4.69) is 31.1 Å². The average Bonchev–Trinajstić information content (AvgIpc) is 3.51. The first kappa shape index (κ1) is 26.0. The molecule has 0 amide bonds. The molecule has 0 saturated heterocycles. The van der Waals surface area contributed by atoms with Gasteiger partial charge < -0.3 is 4.52 Å². The Hall–Kier alpha value is -3.58. The third-order valence-electron chi connectivity index (χ3n) is 7.44. The molecule has 0 spiro atoms. The summed E-state index contributed by atoms with van der Waals surface area (Å²) < 4.78 is 29.7. The Morgan fingerprint density at radius 2 is 1.50 bits per heavy atom. The van der Waals surface area contributed by atoms with Crippen LogP contribution in [0, 0.1) is 20.8 Å². The summed E-state index contributed by atoms with van der Waals surface area (Å²) >= 11 is 0. The summed E-state index contributed by atoms with van der Waals surface area (Å²) in [5.74, 6) is 1.40. The van der Waals surface area contributed by atoms with Gasteiger partial charge in [0.05, 0.1) is 16.1 Å². The van der Waals surface area contributed by atoms with E-state index in [0.29, 0.717) is 17.2 Å². The highest BCUT2D eigenvalue weighted by molar-refractivity contribution is 7.91. The van der Waals surface area contributed by atoms with Gasteiger partial charge in [-0.2, -0.15) is 4.98 Å². The molecular weight excluding hydrogens is 496 g/mol. The summed E-state index contributed by atoms with van der Waals surface area (Å²) in [6, 6.07) is 18.9. The third-order valence-corrected chi connectivity index (χ3v) is 9.19. The summed E-state index contributed by atoms with van der Waals surface area (Å²) in [7, 11) is -3.25.